The number of nitrogen functional groups attached to an aromatic ring is 1. The van der Waals surface area contributed by atoms with Crippen molar-refractivity contribution in [1.29, 1.82) is 0 Å². The van der Waals surface area contributed by atoms with Gasteiger partial charge in [0.1, 0.15) is 18.2 Å². The zero-order chi connectivity index (χ0) is 13.0. The van der Waals surface area contributed by atoms with Gasteiger partial charge in [-0.15, -0.1) is 0 Å². The summed E-state index contributed by atoms with van der Waals surface area (Å²) in [7, 11) is 0. The number of hydrogen-bond donors (Lipinski definition) is 1. The highest BCUT2D eigenvalue weighted by Crippen LogP contribution is 2.19. The molecule has 0 amide bonds. The predicted molar refractivity (Wildman–Crippen MR) is 71.7 cm³/mol. The van der Waals surface area contributed by atoms with Crippen LogP contribution in [0.25, 0.3) is 0 Å². The number of aromatic nitrogens is 2. The number of rotatable bonds is 5. The molecule has 1 fully saturated rings. The van der Waals surface area contributed by atoms with Crippen LogP contribution < -0.4 is 10.5 Å². The number of nitrogens with two attached hydrogens (primary N) is 1. The van der Waals surface area contributed by atoms with Crippen molar-refractivity contribution in [2.75, 3.05) is 32.0 Å². The maximum atomic E-state index is 5.85. The summed E-state index contributed by atoms with van der Waals surface area (Å²) < 4.78 is 5.75. The molecule has 5 heteroatoms. The Hall–Kier alpha value is -1.36. The molecular weight excluding hydrogens is 228 g/mol. The highest BCUT2D eigenvalue weighted by atomic mass is 16.5. The van der Waals surface area contributed by atoms with Crippen LogP contribution in [0, 0.1) is 6.92 Å². The maximum absolute atomic E-state index is 5.85. The molecule has 1 saturated heterocycles. The second-order valence-electron chi connectivity index (χ2n) is 4.71. The lowest BCUT2D eigenvalue weighted by molar-refractivity contribution is 0.230. The van der Waals surface area contributed by atoms with Gasteiger partial charge in [0, 0.05) is 13.0 Å². The van der Waals surface area contributed by atoms with Gasteiger partial charge >= 0.3 is 0 Å². The standard InChI is InChI=1S/C13H22N4O/c1-3-11-15-12(14)10(2)13(16-11)18-9-8-17-6-4-5-7-17/h3-9H2,1-2H3,(H2,14,15,16). The SMILES string of the molecule is CCc1nc(N)c(C)c(OCCN2CCCC2)n1. The van der Waals surface area contributed by atoms with E-state index in [1.165, 1.54) is 25.9 Å². The first-order chi connectivity index (χ1) is 8.70. The van der Waals surface area contributed by atoms with Gasteiger partial charge in [0.25, 0.3) is 0 Å². The molecule has 0 radical (unpaired) electrons. The van der Waals surface area contributed by atoms with E-state index in [2.05, 4.69) is 14.9 Å². The first-order valence-electron chi connectivity index (χ1n) is 6.69. The van der Waals surface area contributed by atoms with Gasteiger partial charge in [0.15, 0.2) is 0 Å². The summed E-state index contributed by atoms with van der Waals surface area (Å²) in [5.74, 6) is 1.91. The minimum atomic E-state index is 0.526. The van der Waals surface area contributed by atoms with Crippen molar-refractivity contribution >= 4 is 5.82 Å². The first-order valence-corrected chi connectivity index (χ1v) is 6.69. The topological polar surface area (TPSA) is 64.3 Å². The smallest absolute Gasteiger partial charge is 0.221 e. The highest BCUT2D eigenvalue weighted by molar-refractivity contribution is 5.44. The van der Waals surface area contributed by atoms with Crippen LogP contribution in [-0.2, 0) is 6.42 Å². The molecule has 0 spiro atoms. The van der Waals surface area contributed by atoms with Gasteiger partial charge < -0.3 is 10.5 Å². The predicted octanol–water partition coefficient (Wildman–Crippen LogP) is 1.40. The van der Waals surface area contributed by atoms with Gasteiger partial charge in [0.2, 0.25) is 5.88 Å². The third-order valence-electron chi connectivity index (χ3n) is 3.35. The van der Waals surface area contributed by atoms with E-state index in [-0.39, 0.29) is 0 Å². The van der Waals surface area contributed by atoms with Gasteiger partial charge in [-0.25, -0.2) is 4.98 Å². The van der Waals surface area contributed by atoms with E-state index in [4.69, 9.17) is 10.5 Å². The molecule has 0 atom stereocenters. The Morgan fingerprint density at radius 2 is 2.00 bits per heavy atom. The molecule has 2 N–H and O–H groups in total. The number of likely N-dealkylation sites (tertiary alicyclic amines) is 1. The molecule has 18 heavy (non-hydrogen) atoms. The molecule has 100 valence electrons. The van der Waals surface area contributed by atoms with Crippen molar-refractivity contribution in [3.05, 3.63) is 11.4 Å². The average molecular weight is 250 g/mol. The monoisotopic (exact) mass is 250 g/mol. The van der Waals surface area contributed by atoms with E-state index >= 15 is 0 Å². The molecule has 0 aliphatic carbocycles. The van der Waals surface area contributed by atoms with E-state index < -0.39 is 0 Å². The number of ether oxygens (including phenoxy) is 1. The summed E-state index contributed by atoms with van der Waals surface area (Å²) in [6, 6.07) is 0. The summed E-state index contributed by atoms with van der Waals surface area (Å²) in [5.41, 5.74) is 6.69. The largest absolute Gasteiger partial charge is 0.476 e. The van der Waals surface area contributed by atoms with E-state index in [0.29, 0.717) is 18.3 Å². The van der Waals surface area contributed by atoms with E-state index in [9.17, 15) is 0 Å². The zero-order valence-corrected chi connectivity index (χ0v) is 11.3. The molecule has 5 nitrogen and oxygen atoms in total. The van der Waals surface area contributed by atoms with Gasteiger partial charge in [-0.2, -0.15) is 4.98 Å². The minimum Gasteiger partial charge on any atom is -0.476 e. The third kappa shape index (κ3) is 3.10. The fourth-order valence-electron chi connectivity index (χ4n) is 2.13. The van der Waals surface area contributed by atoms with E-state index in [1.54, 1.807) is 0 Å². The van der Waals surface area contributed by atoms with Crippen molar-refractivity contribution in [3.63, 3.8) is 0 Å². The van der Waals surface area contributed by atoms with Crippen molar-refractivity contribution in [2.45, 2.75) is 33.1 Å². The maximum Gasteiger partial charge on any atom is 0.221 e. The zero-order valence-electron chi connectivity index (χ0n) is 11.3. The van der Waals surface area contributed by atoms with Crippen molar-refractivity contribution < 1.29 is 4.74 Å². The molecule has 1 aliphatic heterocycles. The van der Waals surface area contributed by atoms with E-state index in [0.717, 1.165) is 24.4 Å². The normalized spacial score (nSPS) is 16.1. The van der Waals surface area contributed by atoms with Crippen molar-refractivity contribution in [3.8, 4) is 5.88 Å². The van der Waals surface area contributed by atoms with Crippen LogP contribution in [0.15, 0.2) is 0 Å². The number of anilines is 1. The molecule has 1 aromatic rings. The second kappa shape index (κ2) is 6.00. The molecule has 0 bridgehead atoms. The van der Waals surface area contributed by atoms with Crippen LogP contribution in [0.4, 0.5) is 5.82 Å². The lowest BCUT2D eigenvalue weighted by Crippen LogP contribution is -2.25. The molecule has 1 aromatic heterocycles. The Labute approximate surface area is 108 Å². The van der Waals surface area contributed by atoms with Crippen molar-refractivity contribution in [2.24, 2.45) is 0 Å². The molecule has 2 rings (SSSR count). The first kappa shape index (κ1) is 13.1. The van der Waals surface area contributed by atoms with Crippen molar-refractivity contribution in [1.82, 2.24) is 14.9 Å². The van der Waals surface area contributed by atoms with Gasteiger partial charge in [-0.3, -0.25) is 4.90 Å². The van der Waals surface area contributed by atoms with Crippen LogP contribution in [0.5, 0.6) is 5.88 Å². The Kier molecular flexibility index (Phi) is 4.36. The number of aryl methyl sites for hydroxylation is 1. The van der Waals surface area contributed by atoms with Crippen LogP contribution in [0.3, 0.4) is 0 Å². The fraction of sp³-hybridized carbons (Fsp3) is 0.692. The second-order valence-corrected chi connectivity index (χ2v) is 4.71. The third-order valence-corrected chi connectivity index (χ3v) is 3.35. The minimum absolute atomic E-state index is 0.526. The summed E-state index contributed by atoms with van der Waals surface area (Å²) in [6.07, 6.45) is 3.38. The highest BCUT2D eigenvalue weighted by Gasteiger charge is 2.13. The van der Waals surface area contributed by atoms with Gasteiger partial charge in [-0.05, 0) is 32.9 Å². The fourth-order valence-corrected chi connectivity index (χ4v) is 2.13. The Balaban J connectivity index is 1.93. The van der Waals surface area contributed by atoms with Crippen LogP contribution in [0.1, 0.15) is 31.2 Å². The Morgan fingerprint density at radius 3 is 2.67 bits per heavy atom. The number of nitrogens with zero attached hydrogens (tertiary/aromatic N) is 3. The van der Waals surface area contributed by atoms with Crippen LogP contribution in [-0.4, -0.2) is 41.1 Å². The van der Waals surface area contributed by atoms with E-state index in [1.807, 2.05) is 13.8 Å². The van der Waals surface area contributed by atoms with Crippen LogP contribution in [0.2, 0.25) is 0 Å². The molecule has 0 aromatic carbocycles. The Morgan fingerprint density at radius 1 is 1.28 bits per heavy atom. The molecular formula is C13H22N4O. The summed E-state index contributed by atoms with van der Waals surface area (Å²) in [4.78, 5) is 11.0. The van der Waals surface area contributed by atoms with Crippen LogP contribution >= 0.6 is 0 Å². The molecule has 0 unspecified atom stereocenters. The quantitative estimate of drug-likeness (QED) is 0.856. The summed E-state index contributed by atoms with van der Waals surface area (Å²) >= 11 is 0. The molecule has 2 heterocycles. The van der Waals surface area contributed by atoms with Gasteiger partial charge in [0.05, 0.1) is 5.56 Å². The number of hydrogen-bond acceptors (Lipinski definition) is 5. The van der Waals surface area contributed by atoms with Gasteiger partial charge in [-0.1, -0.05) is 6.92 Å². The molecule has 0 saturated carbocycles. The lowest BCUT2D eigenvalue weighted by atomic mass is 10.3. The lowest BCUT2D eigenvalue weighted by Gasteiger charge is -2.16. The summed E-state index contributed by atoms with van der Waals surface area (Å²) in [5, 5.41) is 0. The molecule has 1 aliphatic rings. The average Bonchev–Trinajstić information content (AvgIpc) is 2.87. The Bertz CT molecular complexity index is 402. The summed E-state index contributed by atoms with van der Waals surface area (Å²) in [6.45, 7) is 7.92.